The minimum atomic E-state index is -0.0785. The average molecular weight is 398 g/mol. The van der Waals surface area contributed by atoms with Gasteiger partial charge in [0.25, 0.3) is 0 Å². The summed E-state index contributed by atoms with van der Waals surface area (Å²) in [5.41, 5.74) is 3.73. The van der Waals surface area contributed by atoms with E-state index in [2.05, 4.69) is 49.2 Å². The van der Waals surface area contributed by atoms with Gasteiger partial charge in [0.1, 0.15) is 5.82 Å². The predicted molar refractivity (Wildman–Crippen MR) is 113 cm³/mol. The van der Waals surface area contributed by atoms with Crippen LogP contribution in [0.4, 0.5) is 5.82 Å². The molecular formula is C21H27N5OS. The molecule has 148 valence electrons. The lowest BCUT2D eigenvalue weighted by atomic mass is 9.90. The number of anilines is 1. The normalized spacial score (nSPS) is 15.9. The summed E-state index contributed by atoms with van der Waals surface area (Å²) in [7, 11) is 0. The lowest BCUT2D eigenvalue weighted by Gasteiger charge is -2.32. The van der Waals surface area contributed by atoms with E-state index in [9.17, 15) is 4.79 Å². The van der Waals surface area contributed by atoms with Crippen LogP contribution in [0, 0.1) is 12.8 Å². The maximum absolute atomic E-state index is 11.2. The Hall–Kier alpha value is -2.25. The number of nitrogens with zero attached hydrogens (tertiary/aromatic N) is 4. The highest BCUT2D eigenvalue weighted by Gasteiger charge is 2.21. The lowest BCUT2D eigenvalue weighted by Crippen LogP contribution is -2.33. The van der Waals surface area contributed by atoms with Gasteiger partial charge in [-0.15, -0.1) is 11.3 Å². The van der Waals surface area contributed by atoms with E-state index < -0.39 is 0 Å². The largest absolute Gasteiger partial charge is 0.311 e. The quantitative estimate of drug-likeness (QED) is 0.685. The van der Waals surface area contributed by atoms with Crippen LogP contribution in [0.1, 0.15) is 43.1 Å². The maximum Gasteiger partial charge on any atom is 0.222 e. The minimum Gasteiger partial charge on any atom is -0.311 e. The molecule has 0 unspecified atom stereocenters. The molecule has 0 atom stereocenters. The molecule has 0 spiro atoms. The Morgan fingerprint density at radius 2 is 2.18 bits per heavy atom. The smallest absolute Gasteiger partial charge is 0.222 e. The van der Waals surface area contributed by atoms with Crippen molar-refractivity contribution in [1.82, 2.24) is 19.3 Å². The van der Waals surface area contributed by atoms with Gasteiger partial charge in [0.2, 0.25) is 5.91 Å². The second kappa shape index (κ2) is 8.41. The van der Waals surface area contributed by atoms with Gasteiger partial charge in [0.05, 0.1) is 11.4 Å². The first-order valence-electron chi connectivity index (χ1n) is 9.94. The Bertz CT molecular complexity index is 955. The summed E-state index contributed by atoms with van der Waals surface area (Å²) >= 11 is 1.70. The lowest BCUT2D eigenvalue weighted by molar-refractivity contribution is -0.114. The molecule has 1 saturated heterocycles. The molecule has 1 amide bonds. The maximum atomic E-state index is 11.2. The predicted octanol–water partition coefficient (Wildman–Crippen LogP) is 3.90. The Labute approximate surface area is 169 Å². The molecule has 1 aliphatic rings. The van der Waals surface area contributed by atoms with Gasteiger partial charge in [-0.3, -0.25) is 14.1 Å². The van der Waals surface area contributed by atoms with Gasteiger partial charge >= 0.3 is 0 Å². The zero-order valence-corrected chi connectivity index (χ0v) is 17.3. The molecule has 3 aromatic heterocycles. The van der Waals surface area contributed by atoms with E-state index in [1.54, 1.807) is 17.5 Å². The Morgan fingerprint density at radius 3 is 2.96 bits per heavy atom. The van der Waals surface area contributed by atoms with Crippen molar-refractivity contribution in [2.75, 3.05) is 18.4 Å². The van der Waals surface area contributed by atoms with Crippen LogP contribution in [0.25, 0.3) is 4.96 Å². The number of piperidine rings is 1. The van der Waals surface area contributed by atoms with Crippen LogP contribution < -0.4 is 5.32 Å². The van der Waals surface area contributed by atoms with Gasteiger partial charge in [-0.2, -0.15) is 0 Å². The fourth-order valence-electron chi connectivity index (χ4n) is 4.03. The van der Waals surface area contributed by atoms with Crippen LogP contribution in [-0.4, -0.2) is 38.3 Å². The van der Waals surface area contributed by atoms with Crippen LogP contribution in [0.2, 0.25) is 0 Å². The second-order valence-corrected chi connectivity index (χ2v) is 8.56. The highest BCUT2D eigenvalue weighted by atomic mass is 32.1. The fourth-order valence-corrected chi connectivity index (χ4v) is 4.80. The molecule has 0 aromatic carbocycles. The van der Waals surface area contributed by atoms with Crippen molar-refractivity contribution < 1.29 is 4.79 Å². The van der Waals surface area contributed by atoms with Crippen molar-refractivity contribution in [2.24, 2.45) is 5.92 Å². The van der Waals surface area contributed by atoms with Crippen molar-refractivity contribution in [3.63, 3.8) is 0 Å². The summed E-state index contributed by atoms with van der Waals surface area (Å²) in [5.74, 6) is 1.34. The van der Waals surface area contributed by atoms with Crippen molar-refractivity contribution in [3.8, 4) is 0 Å². The first kappa shape index (κ1) is 19.1. The van der Waals surface area contributed by atoms with Crippen LogP contribution in [0.3, 0.4) is 0 Å². The number of likely N-dealkylation sites (tertiary alicyclic amines) is 1. The molecular weight excluding hydrogens is 370 g/mol. The van der Waals surface area contributed by atoms with Crippen LogP contribution >= 0.6 is 11.3 Å². The number of aromatic nitrogens is 3. The Morgan fingerprint density at radius 1 is 1.36 bits per heavy atom. The molecule has 0 bridgehead atoms. The minimum absolute atomic E-state index is 0.0785. The van der Waals surface area contributed by atoms with E-state index in [1.165, 1.54) is 37.4 Å². The molecule has 4 rings (SSSR count). The summed E-state index contributed by atoms with van der Waals surface area (Å²) in [6.07, 6.45) is 8.63. The fraction of sp³-hybridized carbons (Fsp3) is 0.476. The molecule has 1 fully saturated rings. The van der Waals surface area contributed by atoms with Gasteiger partial charge in [0.15, 0.2) is 4.96 Å². The van der Waals surface area contributed by atoms with E-state index in [0.29, 0.717) is 5.82 Å². The number of hydrogen-bond donors (Lipinski definition) is 1. The van der Waals surface area contributed by atoms with E-state index in [1.807, 2.05) is 6.07 Å². The average Bonchev–Trinajstić information content (AvgIpc) is 3.23. The highest BCUT2D eigenvalue weighted by Crippen LogP contribution is 2.25. The number of rotatable bonds is 6. The third-order valence-electron chi connectivity index (χ3n) is 5.61. The molecule has 0 saturated carbocycles. The molecule has 6 nitrogen and oxygen atoms in total. The molecule has 28 heavy (non-hydrogen) atoms. The van der Waals surface area contributed by atoms with Gasteiger partial charge in [-0.05, 0) is 69.3 Å². The Balaban J connectivity index is 1.27. The summed E-state index contributed by atoms with van der Waals surface area (Å²) in [4.78, 5) is 23.7. The van der Waals surface area contributed by atoms with Gasteiger partial charge in [0, 0.05) is 31.2 Å². The molecule has 0 radical (unpaired) electrons. The van der Waals surface area contributed by atoms with E-state index in [-0.39, 0.29) is 5.91 Å². The monoisotopic (exact) mass is 397 g/mol. The highest BCUT2D eigenvalue weighted by molar-refractivity contribution is 7.15. The standard InChI is InChI=1S/C21H27N5OS/c1-15-19(26-11-12-28-21(26)23-15)14-25-9-6-17(7-10-25)3-4-18-5-8-22-20(13-18)24-16(2)27/h5,8,11-13,17H,3-4,6-7,9-10,14H2,1-2H3,(H,22,24,27). The number of hydrogen-bond acceptors (Lipinski definition) is 5. The van der Waals surface area contributed by atoms with E-state index in [0.717, 1.165) is 42.6 Å². The first-order valence-corrected chi connectivity index (χ1v) is 10.8. The van der Waals surface area contributed by atoms with Crippen molar-refractivity contribution in [2.45, 2.75) is 46.1 Å². The number of carbonyl (C=O) groups is 1. The molecule has 7 heteroatoms. The van der Waals surface area contributed by atoms with Crippen molar-refractivity contribution in [3.05, 3.63) is 46.9 Å². The third-order valence-corrected chi connectivity index (χ3v) is 6.37. The second-order valence-electron chi connectivity index (χ2n) is 7.69. The van der Waals surface area contributed by atoms with Gasteiger partial charge in [-0.1, -0.05) is 0 Å². The number of imidazole rings is 1. The van der Waals surface area contributed by atoms with Crippen LogP contribution in [0.15, 0.2) is 29.9 Å². The Kier molecular flexibility index (Phi) is 5.73. The molecule has 1 N–H and O–H groups in total. The number of nitrogens with one attached hydrogen (secondary N) is 1. The number of pyridine rings is 1. The summed E-state index contributed by atoms with van der Waals surface area (Å²) in [6, 6.07) is 4.04. The van der Waals surface area contributed by atoms with Gasteiger partial charge < -0.3 is 5.32 Å². The third kappa shape index (κ3) is 4.42. The molecule has 1 aliphatic heterocycles. The zero-order chi connectivity index (χ0) is 19.5. The van der Waals surface area contributed by atoms with Crippen LogP contribution in [-0.2, 0) is 17.8 Å². The number of amides is 1. The number of carbonyl (C=O) groups excluding carboxylic acids is 1. The first-order chi connectivity index (χ1) is 13.6. The van der Waals surface area contributed by atoms with Crippen molar-refractivity contribution in [1.29, 1.82) is 0 Å². The molecule has 0 aliphatic carbocycles. The molecule has 4 heterocycles. The van der Waals surface area contributed by atoms with E-state index in [4.69, 9.17) is 0 Å². The summed E-state index contributed by atoms with van der Waals surface area (Å²) < 4.78 is 2.24. The van der Waals surface area contributed by atoms with E-state index >= 15 is 0 Å². The number of fused-ring (bicyclic) bond motifs is 1. The zero-order valence-electron chi connectivity index (χ0n) is 16.5. The number of aryl methyl sites for hydroxylation is 2. The molecule has 3 aromatic rings. The van der Waals surface area contributed by atoms with Crippen molar-refractivity contribution >= 4 is 28.0 Å². The topological polar surface area (TPSA) is 62.5 Å². The summed E-state index contributed by atoms with van der Waals surface area (Å²) in [5, 5.41) is 4.87. The SMILES string of the molecule is CC(=O)Nc1cc(CCC2CCN(Cc3c(C)nc4sccn34)CC2)ccn1. The van der Waals surface area contributed by atoms with Gasteiger partial charge in [-0.25, -0.2) is 9.97 Å². The van der Waals surface area contributed by atoms with Crippen LogP contribution in [0.5, 0.6) is 0 Å². The number of thiazole rings is 1. The summed E-state index contributed by atoms with van der Waals surface area (Å²) in [6.45, 7) is 6.91.